The molecule has 5 nitrogen and oxygen atoms in total. The van der Waals surface area contributed by atoms with Crippen LogP contribution < -0.4 is 5.73 Å². The molecule has 0 saturated heterocycles. The van der Waals surface area contributed by atoms with Gasteiger partial charge in [0.05, 0.1) is 10.6 Å². The van der Waals surface area contributed by atoms with Crippen LogP contribution in [0.15, 0.2) is 10.6 Å². The fourth-order valence-electron chi connectivity index (χ4n) is 3.04. The van der Waals surface area contributed by atoms with E-state index in [0.29, 0.717) is 11.7 Å². The molecule has 1 aliphatic rings. The van der Waals surface area contributed by atoms with Crippen LogP contribution in [0.3, 0.4) is 0 Å². The monoisotopic (exact) mass is 307 g/mol. The fourth-order valence-corrected chi connectivity index (χ4v) is 3.82. The number of thiophene rings is 1. The van der Waals surface area contributed by atoms with Gasteiger partial charge in [-0.1, -0.05) is 30.8 Å². The minimum absolute atomic E-state index is 0.405. The number of methoxy groups -OCH3 is 1. The lowest BCUT2D eigenvalue weighted by molar-refractivity contribution is -0.0365. The summed E-state index contributed by atoms with van der Waals surface area (Å²) in [6.45, 7) is 2.02. The lowest BCUT2D eigenvalue weighted by Crippen LogP contribution is -2.29. The number of hydrogen-bond donors (Lipinski definition) is 1. The molecule has 0 aliphatic heterocycles. The molecule has 0 bridgehead atoms. The van der Waals surface area contributed by atoms with E-state index in [2.05, 4.69) is 10.1 Å². The van der Waals surface area contributed by atoms with Gasteiger partial charge in [-0.25, -0.2) is 0 Å². The Morgan fingerprint density at radius 1 is 1.29 bits per heavy atom. The van der Waals surface area contributed by atoms with E-state index < -0.39 is 5.60 Å². The molecule has 1 saturated carbocycles. The second-order valence-corrected chi connectivity index (χ2v) is 6.96. The van der Waals surface area contributed by atoms with Crippen LogP contribution in [-0.4, -0.2) is 17.3 Å². The van der Waals surface area contributed by atoms with E-state index in [9.17, 15) is 0 Å². The molecular weight excluding hydrogens is 286 g/mol. The van der Waals surface area contributed by atoms with Crippen LogP contribution in [0.1, 0.15) is 49.2 Å². The highest BCUT2D eigenvalue weighted by atomic mass is 32.1. The van der Waals surface area contributed by atoms with Gasteiger partial charge in [0, 0.05) is 12.0 Å². The molecule has 0 aromatic carbocycles. The van der Waals surface area contributed by atoms with E-state index in [-0.39, 0.29) is 0 Å². The predicted molar refractivity (Wildman–Crippen MR) is 83.1 cm³/mol. The molecule has 6 heteroatoms. The summed E-state index contributed by atoms with van der Waals surface area (Å²) in [7, 11) is 1.74. The summed E-state index contributed by atoms with van der Waals surface area (Å²) in [5.41, 5.74) is 6.44. The molecule has 1 aliphatic carbocycles. The van der Waals surface area contributed by atoms with Crippen LogP contribution in [0.4, 0.5) is 5.00 Å². The van der Waals surface area contributed by atoms with E-state index in [0.717, 1.165) is 41.1 Å². The Morgan fingerprint density at radius 3 is 2.57 bits per heavy atom. The maximum Gasteiger partial charge on any atom is 0.261 e. The number of nitrogens with two attached hydrogens (primary N) is 1. The Hall–Kier alpha value is -1.40. The molecular formula is C15H21N3O2S. The number of aromatic nitrogens is 2. The Balaban J connectivity index is 1.94. The van der Waals surface area contributed by atoms with Crippen molar-refractivity contribution in [3.63, 3.8) is 0 Å². The quantitative estimate of drug-likeness (QED) is 0.871. The highest BCUT2D eigenvalue weighted by Crippen LogP contribution is 2.39. The van der Waals surface area contributed by atoms with Crippen molar-refractivity contribution in [2.75, 3.05) is 12.8 Å². The minimum atomic E-state index is -0.405. The average Bonchev–Trinajstić information content (AvgIpc) is 2.99. The highest BCUT2D eigenvalue weighted by molar-refractivity contribution is 7.16. The van der Waals surface area contributed by atoms with Gasteiger partial charge in [-0.05, 0) is 25.8 Å². The Bertz CT molecular complexity index is 612. The number of anilines is 1. The molecule has 3 rings (SSSR count). The maximum absolute atomic E-state index is 6.01. The summed E-state index contributed by atoms with van der Waals surface area (Å²) in [5, 5.41) is 4.91. The first-order chi connectivity index (χ1) is 10.1. The maximum atomic E-state index is 6.01. The summed E-state index contributed by atoms with van der Waals surface area (Å²) in [6.07, 6.45) is 6.65. The van der Waals surface area contributed by atoms with Crippen molar-refractivity contribution >= 4 is 16.3 Å². The third-order valence-electron chi connectivity index (χ3n) is 4.25. The summed E-state index contributed by atoms with van der Waals surface area (Å²) in [4.78, 5) is 5.72. The van der Waals surface area contributed by atoms with Crippen LogP contribution in [0.5, 0.6) is 0 Å². The molecule has 2 aromatic rings. The van der Waals surface area contributed by atoms with Gasteiger partial charge in [-0.3, -0.25) is 0 Å². The van der Waals surface area contributed by atoms with Gasteiger partial charge >= 0.3 is 0 Å². The number of nitrogens with zero attached hydrogens (tertiary/aromatic N) is 2. The lowest BCUT2D eigenvalue weighted by atomic mass is 9.93. The number of aryl methyl sites for hydroxylation is 1. The van der Waals surface area contributed by atoms with Gasteiger partial charge < -0.3 is 15.0 Å². The largest absolute Gasteiger partial charge is 0.390 e. The van der Waals surface area contributed by atoms with Gasteiger partial charge in [0.25, 0.3) is 5.89 Å². The van der Waals surface area contributed by atoms with E-state index >= 15 is 0 Å². The molecule has 0 unspecified atom stereocenters. The van der Waals surface area contributed by atoms with E-state index in [1.54, 1.807) is 7.11 Å². The third kappa shape index (κ3) is 2.70. The van der Waals surface area contributed by atoms with Crippen LogP contribution in [-0.2, 0) is 10.3 Å². The topological polar surface area (TPSA) is 74.2 Å². The third-order valence-corrected chi connectivity index (χ3v) is 5.13. The molecule has 21 heavy (non-hydrogen) atoms. The number of rotatable bonds is 3. The van der Waals surface area contributed by atoms with Crippen molar-refractivity contribution in [1.29, 1.82) is 0 Å². The Labute approximate surface area is 128 Å². The fraction of sp³-hybridized carbons (Fsp3) is 0.600. The van der Waals surface area contributed by atoms with E-state index in [4.69, 9.17) is 15.0 Å². The first-order valence-corrected chi connectivity index (χ1v) is 8.22. The normalized spacial score (nSPS) is 18.6. The molecule has 2 N–H and O–H groups in total. The van der Waals surface area contributed by atoms with Crippen molar-refractivity contribution < 1.29 is 9.26 Å². The SMILES string of the molecule is COC1(c2noc(-c3cc(C)sc3N)n2)CCCCCC1. The second-order valence-electron chi connectivity index (χ2n) is 5.67. The van der Waals surface area contributed by atoms with Crippen LogP contribution in [0, 0.1) is 6.92 Å². The molecule has 0 radical (unpaired) electrons. The standard InChI is InChI=1S/C15H21N3O2S/c1-10-9-11(12(16)21-10)13-17-14(18-20-13)15(19-2)7-5-3-4-6-8-15/h9H,3-8,16H2,1-2H3. The summed E-state index contributed by atoms with van der Waals surface area (Å²) < 4.78 is 11.3. The summed E-state index contributed by atoms with van der Waals surface area (Å²) in [5.74, 6) is 1.15. The predicted octanol–water partition coefficient (Wildman–Crippen LogP) is 3.88. The molecule has 2 aromatic heterocycles. The van der Waals surface area contributed by atoms with Gasteiger partial charge in [-0.15, -0.1) is 11.3 Å². The molecule has 1 fully saturated rings. The van der Waals surface area contributed by atoms with Crippen molar-refractivity contribution in [2.24, 2.45) is 0 Å². The van der Waals surface area contributed by atoms with E-state index in [1.807, 2.05) is 13.0 Å². The number of ether oxygens (including phenoxy) is 1. The molecule has 0 atom stereocenters. The average molecular weight is 307 g/mol. The molecule has 0 spiro atoms. The van der Waals surface area contributed by atoms with Gasteiger partial charge in [0.1, 0.15) is 5.60 Å². The molecule has 0 amide bonds. The zero-order valence-electron chi connectivity index (χ0n) is 12.5. The zero-order valence-corrected chi connectivity index (χ0v) is 13.3. The van der Waals surface area contributed by atoms with Gasteiger partial charge in [0.2, 0.25) is 5.82 Å². The van der Waals surface area contributed by atoms with Crippen molar-refractivity contribution in [1.82, 2.24) is 10.1 Å². The number of nitrogen functional groups attached to an aromatic ring is 1. The first kappa shape index (κ1) is 14.5. The van der Waals surface area contributed by atoms with Crippen LogP contribution in [0.2, 0.25) is 0 Å². The van der Waals surface area contributed by atoms with Crippen molar-refractivity contribution in [3.05, 3.63) is 16.8 Å². The highest BCUT2D eigenvalue weighted by Gasteiger charge is 2.37. The van der Waals surface area contributed by atoms with Crippen LogP contribution in [0.25, 0.3) is 11.5 Å². The summed E-state index contributed by atoms with van der Waals surface area (Å²) in [6, 6.07) is 1.99. The second kappa shape index (κ2) is 5.77. The van der Waals surface area contributed by atoms with Crippen molar-refractivity contribution in [3.8, 4) is 11.5 Å². The van der Waals surface area contributed by atoms with Gasteiger partial charge in [-0.2, -0.15) is 4.98 Å². The van der Waals surface area contributed by atoms with Gasteiger partial charge in [0.15, 0.2) is 0 Å². The van der Waals surface area contributed by atoms with Crippen molar-refractivity contribution in [2.45, 2.75) is 51.0 Å². The summed E-state index contributed by atoms with van der Waals surface area (Å²) >= 11 is 1.54. The minimum Gasteiger partial charge on any atom is -0.390 e. The first-order valence-electron chi connectivity index (χ1n) is 7.40. The Morgan fingerprint density at radius 2 is 2.00 bits per heavy atom. The van der Waals surface area contributed by atoms with E-state index in [1.165, 1.54) is 24.2 Å². The lowest BCUT2D eigenvalue weighted by Gasteiger charge is -2.27. The Kier molecular flexibility index (Phi) is 3.99. The number of hydrogen-bond acceptors (Lipinski definition) is 6. The smallest absolute Gasteiger partial charge is 0.261 e. The molecule has 114 valence electrons. The van der Waals surface area contributed by atoms with Crippen LogP contribution >= 0.6 is 11.3 Å². The zero-order chi connectivity index (χ0) is 14.9. The molecule has 2 heterocycles.